The van der Waals surface area contributed by atoms with Crippen LogP contribution in [0.2, 0.25) is 0 Å². The number of aliphatic hydroxyl groups is 1. The van der Waals surface area contributed by atoms with Crippen LogP contribution in [0.25, 0.3) is 0 Å². The van der Waals surface area contributed by atoms with Gasteiger partial charge in [-0.05, 0) is 48.3 Å². The van der Waals surface area contributed by atoms with Crippen LogP contribution in [0.15, 0.2) is 6.07 Å². The highest BCUT2D eigenvalue weighted by Gasteiger charge is 2.23. The highest BCUT2D eigenvalue weighted by atomic mass is 19.1. The van der Waals surface area contributed by atoms with Crippen LogP contribution in [-0.2, 0) is 6.42 Å². The van der Waals surface area contributed by atoms with Gasteiger partial charge in [0.15, 0.2) is 0 Å². The topological polar surface area (TPSA) is 20.2 Å². The summed E-state index contributed by atoms with van der Waals surface area (Å²) in [7, 11) is 0. The minimum Gasteiger partial charge on any atom is -0.389 e. The summed E-state index contributed by atoms with van der Waals surface area (Å²) in [5, 5.41) is 9.90. The largest absolute Gasteiger partial charge is 0.389 e. The van der Waals surface area contributed by atoms with E-state index in [-0.39, 0.29) is 17.7 Å². The summed E-state index contributed by atoms with van der Waals surface area (Å²) in [5.41, 5.74) is 3.16. The van der Waals surface area contributed by atoms with Crippen LogP contribution in [0.1, 0.15) is 81.2 Å². The van der Waals surface area contributed by atoms with Gasteiger partial charge in [0.2, 0.25) is 0 Å². The van der Waals surface area contributed by atoms with E-state index in [1.165, 1.54) is 0 Å². The highest BCUT2D eigenvalue weighted by molar-refractivity contribution is 5.44. The van der Waals surface area contributed by atoms with Crippen LogP contribution in [-0.4, -0.2) is 5.11 Å². The minimum absolute atomic E-state index is 0.199. The molecule has 1 unspecified atom stereocenters. The van der Waals surface area contributed by atoms with Crippen molar-refractivity contribution in [1.82, 2.24) is 0 Å². The SMILES string of the molecule is [CH2]CCc1c(C(C)C)cc(C(C)C)c(C(C)O)c1F. The van der Waals surface area contributed by atoms with Gasteiger partial charge >= 0.3 is 0 Å². The van der Waals surface area contributed by atoms with Crippen molar-refractivity contribution in [2.75, 3.05) is 0 Å². The van der Waals surface area contributed by atoms with Gasteiger partial charge in [-0.2, -0.15) is 0 Å². The second-order valence-electron chi connectivity index (χ2n) is 5.85. The zero-order chi connectivity index (χ0) is 14.7. The van der Waals surface area contributed by atoms with Crippen LogP contribution >= 0.6 is 0 Å². The van der Waals surface area contributed by atoms with Gasteiger partial charge in [0.25, 0.3) is 0 Å². The van der Waals surface area contributed by atoms with Crippen LogP contribution in [0.3, 0.4) is 0 Å². The van der Waals surface area contributed by atoms with E-state index in [1.807, 2.05) is 13.8 Å². The number of halogens is 1. The molecule has 0 aliphatic heterocycles. The van der Waals surface area contributed by atoms with E-state index in [9.17, 15) is 9.50 Å². The third-order valence-electron chi connectivity index (χ3n) is 3.56. The highest BCUT2D eigenvalue weighted by Crippen LogP contribution is 2.35. The summed E-state index contributed by atoms with van der Waals surface area (Å²) in [5.74, 6) is 0.246. The molecule has 0 saturated carbocycles. The summed E-state index contributed by atoms with van der Waals surface area (Å²) in [4.78, 5) is 0. The van der Waals surface area contributed by atoms with Crippen molar-refractivity contribution >= 4 is 0 Å². The van der Waals surface area contributed by atoms with E-state index in [4.69, 9.17) is 0 Å². The van der Waals surface area contributed by atoms with Gasteiger partial charge in [0.05, 0.1) is 6.10 Å². The summed E-state index contributed by atoms with van der Waals surface area (Å²) in [6.07, 6.45) is 0.510. The Labute approximate surface area is 116 Å². The molecule has 1 N–H and O–H groups in total. The van der Waals surface area contributed by atoms with Crippen LogP contribution < -0.4 is 0 Å². The number of benzene rings is 1. The van der Waals surface area contributed by atoms with E-state index >= 15 is 0 Å². The standard InChI is InChI=1S/C17H26FO/c1-7-8-13-14(10(2)3)9-15(11(4)5)16(12(6)19)17(13)18/h9-12,19H,1,7-8H2,2-6H3. The molecule has 0 saturated heterocycles. The van der Waals surface area contributed by atoms with Gasteiger partial charge in [-0.15, -0.1) is 0 Å². The third-order valence-corrected chi connectivity index (χ3v) is 3.56. The summed E-state index contributed by atoms with van der Waals surface area (Å²) in [6, 6.07) is 2.07. The molecule has 2 heteroatoms. The Morgan fingerprint density at radius 2 is 1.63 bits per heavy atom. The molecular weight excluding hydrogens is 239 g/mol. The summed E-state index contributed by atoms with van der Waals surface area (Å²) < 4.78 is 14.8. The summed E-state index contributed by atoms with van der Waals surface area (Å²) >= 11 is 0. The second kappa shape index (κ2) is 6.51. The number of hydrogen-bond donors (Lipinski definition) is 1. The molecule has 1 rings (SSSR count). The van der Waals surface area contributed by atoms with E-state index in [1.54, 1.807) is 6.92 Å². The van der Waals surface area contributed by atoms with Crippen molar-refractivity contribution in [1.29, 1.82) is 0 Å². The van der Waals surface area contributed by atoms with E-state index in [0.717, 1.165) is 16.7 Å². The molecule has 0 fully saturated rings. The Balaban J connectivity index is 3.60. The third kappa shape index (κ3) is 3.36. The van der Waals surface area contributed by atoms with Crippen molar-refractivity contribution in [3.63, 3.8) is 0 Å². The van der Waals surface area contributed by atoms with Crippen LogP contribution in [0.5, 0.6) is 0 Å². The normalized spacial score (nSPS) is 13.4. The smallest absolute Gasteiger partial charge is 0.132 e. The van der Waals surface area contributed by atoms with Crippen molar-refractivity contribution < 1.29 is 9.50 Å². The van der Waals surface area contributed by atoms with Crippen molar-refractivity contribution in [3.05, 3.63) is 41.1 Å². The number of hydrogen-bond acceptors (Lipinski definition) is 1. The molecule has 0 spiro atoms. The van der Waals surface area contributed by atoms with Gasteiger partial charge in [-0.1, -0.05) is 40.7 Å². The Morgan fingerprint density at radius 3 is 2.00 bits per heavy atom. The lowest BCUT2D eigenvalue weighted by molar-refractivity contribution is 0.192. The van der Waals surface area contributed by atoms with E-state index < -0.39 is 6.10 Å². The van der Waals surface area contributed by atoms with Crippen molar-refractivity contribution in [2.45, 2.75) is 65.4 Å². The van der Waals surface area contributed by atoms with E-state index in [0.29, 0.717) is 18.4 Å². The van der Waals surface area contributed by atoms with Gasteiger partial charge in [-0.25, -0.2) is 4.39 Å². The van der Waals surface area contributed by atoms with Gasteiger partial charge in [-0.3, -0.25) is 0 Å². The van der Waals surface area contributed by atoms with Crippen molar-refractivity contribution in [2.24, 2.45) is 0 Å². The summed E-state index contributed by atoms with van der Waals surface area (Å²) in [6.45, 7) is 13.7. The Morgan fingerprint density at radius 1 is 1.11 bits per heavy atom. The van der Waals surface area contributed by atoms with E-state index in [2.05, 4.69) is 26.8 Å². The Bertz CT molecular complexity index is 433. The van der Waals surface area contributed by atoms with Gasteiger partial charge < -0.3 is 5.11 Å². The molecular formula is C17H26FO. The van der Waals surface area contributed by atoms with Crippen LogP contribution in [0, 0.1) is 12.7 Å². The Hall–Kier alpha value is -0.890. The molecule has 0 aliphatic rings. The zero-order valence-electron chi connectivity index (χ0n) is 12.8. The zero-order valence-corrected chi connectivity index (χ0v) is 12.8. The molecule has 0 aromatic heterocycles. The fourth-order valence-electron chi connectivity index (χ4n) is 2.60. The van der Waals surface area contributed by atoms with Crippen molar-refractivity contribution in [3.8, 4) is 0 Å². The lowest BCUT2D eigenvalue weighted by Crippen LogP contribution is -2.11. The second-order valence-corrected chi connectivity index (χ2v) is 5.85. The first-order chi connectivity index (χ1) is 8.81. The van der Waals surface area contributed by atoms with Gasteiger partial charge in [0, 0.05) is 5.56 Å². The Kier molecular flexibility index (Phi) is 5.54. The number of rotatable bonds is 5. The average molecular weight is 265 g/mol. The first-order valence-corrected chi connectivity index (χ1v) is 7.13. The molecule has 1 radical (unpaired) electrons. The monoisotopic (exact) mass is 265 g/mol. The molecule has 107 valence electrons. The molecule has 1 aromatic rings. The molecule has 0 bridgehead atoms. The maximum atomic E-state index is 14.8. The maximum absolute atomic E-state index is 14.8. The quantitative estimate of drug-likeness (QED) is 0.803. The first kappa shape index (κ1) is 16.2. The fraction of sp³-hybridized carbons (Fsp3) is 0.588. The number of aliphatic hydroxyl groups excluding tert-OH is 1. The average Bonchev–Trinajstić information content (AvgIpc) is 2.29. The van der Waals surface area contributed by atoms with Gasteiger partial charge in [0.1, 0.15) is 5.82 Å². The lowest BCUT2D eigenvalue weighted by atomic mass is 9.84. The molecule has 0 heterocycles. The first-order valence-electron chi connectivity index (χ1n) is 7.13. The molecule has 19 heavy (non-hydrogen) atoms. The minimum atomic E-state index is -0.776. The molecule has 1 nitrogen and oxygen atoms in total. The molecule has 1 aromatic carbocycles. The molecule has 0 aliphatic carbocycles. The predicted octanol–water partition coefficient (Wildman–Crippen LogP) is 4.89. The molecule has 1 atom stereocenters. The molecule has 0 amide bonds. The predicted molar refractivity (Wildman–Crippen MR) is 78.9 cm³/mol. The fourth-order valence-corrected chi connectivity index (χ4v) is 2.60. The van der Waals surface area contributed by atoms with Crippen LogP contribution in [0.4, 0.5) is 4.39 Å². The lowest BCUT2D eigenvalue weighted by Gasteiger charge is -2.23. The maximum Gasteiger partial charge on any atom is 0.132 e.